The van der Waals surface area contributed by atoms with Gasteiger partial charge in [-0.1, -0.05) is 0 Å². The molecule has 3 rings (SSSR count). The molecule has 2 aromatic rings. The predicted octanol–water partition coefficient (Wildman–Crippen LogP) is 1.31. The Labute approximate surface area is 173 Å². The zero-order chi connectivity index (χ0) is 23.2. The van der Waals surface area contributed by atoms with Crippen LogP contribution >= 0.6 is 22.7 Å². The highest BCUT2D eigenvalue weighted by molar-refractivity contribution is 7.86. The van der Waals surface area contributed by atoms with Gasteiger partial charge in [-0.2, -0.15) is 8.78 Å². The van der Waals surface area contributed by atoms with Gasteiger partial charge in [0.2, 0.25) is 0 Å². The molecule has 1 unspecified atom stereocenters. The molecule has 3 heterocycles. The van der Waals surface area contributed by atoms with Crippen LogP contribution in [0.2, 0.25) is 0 Å². The Morgan fingerprint density at radius 2 is 1.94 bits per heavy atom. The highest BCUT2D eigenvalue weighted by Crippen LogP contribution is 2.77. The number of ether oxygens (including phenoxy) is 1. The minimum atomic E-state index is -6.47. The summed E-state index contributed by atoms with van der Waals surface area (Å²) in [6.07, 6.45) is 1.95. The molecule has 0 aliphatic carbocycles. The number of halogens is 2. The molecule has 20 heteroatoms. The van der Waals surface area contributed by atoms with E-state index >= 15 is 0 Å². The van der Waals surface area contributed by atoms with Crippen LogP contribution in [-0.4, -0.2) is 59.9 Å². The summed E-state index contributed by atoms with van der Waals surface area (Å²) in [6, 6.07) is 0. The molecule has 1 saturated heterocycles. The fourth-order valence-corrected chi connectivity index (χ4v) is 6.51. The minimum absolute atomic E-state index is 0.156. The summed E-state index contributed by atoms with van der Waals surface area (Å²) < 4.78 is 76.8. The molecule has 0 aromatic carbocycles. The molecule has 1 aliphatic rings. The predicted molar refractivity (Wildman–Crippen MR) is 100 cm³/mol. The van der Waals surface area contributed by atoms with Crippen molar-refractivity contribution < 1.29 is 50.7 Å². The lowest BCUT2D eigenvalue weighted by atomic mass is 10.2. The number of nitrogens with two attached hydrogens (primary N) is 1. The van der Waals surface area contributed by atoms with Gasteiger partial charge in [0.1, 0.15) is 18.1 Å². The summed E-state index contributed by atoms with van der Waals surface area (Å²) in [7, 11) is -13.0. The van der Waals surface area contributed by atoms with Crippen molar-refractivity contribution in [3.05, 3.63) is 12.7 Å². The highest BCUT2D eigenvalue weighted by Gasteiger charge is 2.65. The van der Waals surface area contributed by atoms with Gasteiger partial charge in [0.15, 0.2) is 11.5 Å². The van der Waals surface area contributed by atoms with E-state index in [0.29, 0.717) is 24.0 Å². The number of hydrogen-bond acceptors (Lipinski definition) is 10. The summed E-state index contributed by atoms with van der Waals surface area (Å²) in [5.41, 5.74) is 6.43. The van der Waals surface area contributed by atoms with Crippen LogP contribution in [0.5, 0.6) is 0 Å². The second kappa shape index (κ2) is 8.25. The SMILES string of the molecule is [B-][P@](=O)(OC[C@@H]1CC[C@H](n2cnc3c(N)ncnc32)O1)OP(=O)(O)C(F)(F)P(=O)(O)O. The third-order valence-electron chi connectivity index (χ3n) is 4.14. The van der Waals surface area contributed by atoms with E-state index < -0.39 is 47.0 Å². The van der Waals surface area contributed by atoms with Gasteiger partial charge >= 0.3 is 20.6 Å². The van der Waals surface area contributed by atoms with E-state index in [1.807, 2.05) is 0 Å². The standard InChI is InChI=1S/C11H15BF2N5O9P3/c12-31(25,28-30(23,24)11(13,14)29(20,21)22)26-3-6-1-2-7(27-6)19-5-18-8-9(15)16-4-17-10(8)19/h4-7H,1-3H2,(H,23,24)(H2,15,16,17)(H2,20,21,22)/q-1/t6-,7+,31-/m0/s1. The second-order valence-electron chi connectivity index (χ2n) is 6.36. The minimum Gasteiger partial charge on any atom is -0.443 e. The van der Waals surface area contributed by atoms with Crippen LogP contribution in [0.1, 0.15) is 19.1 Å². The number of anilines is 1. The molecule has 0 spiro atoms. The van der Waals surface area contributed by atoms with E-state index in [9.17, 15) is 27.4 Å². The van der Waals surface area contributed by atoms with Crippen LogP contribution in [-0.2, 0) is 27.3 Å². The number of hydrogen-bond donors (Lipinski definition) is 4. The maximum atomic E-state index is 13.5. The number of imidazole rings is 1. The summed E-state index contributed by atoms with van der Waals surface area (Å²) in [6.45, 7) is -0.602. The largest absolute Gasteiger partial charge is 0.444 e. The van der Waals surface area contributed by atoms with Gasteiger partial charge in [-0.25, -0.2) is 15.0 Å². The van der Waals surface area contributed by atoms with Crippen molar-refractivity contribution in [1.29, 1.82) is 0 Å². The number of fused-ring (bicyclic) bond motifs is 1. The third kappa shape index (κ3) is 4.90. The average molecular weight is 503 g/mol. The highest BCUT2D eigenvalue weighted by atomic mass is 31.3. The van der Waals surface area contributed by atoms with E-state index in [-0.39, 0.29) is 5.82 Å². The zero-order valence-corrected chi connectivity index (χ0v) is 17.9. The fourth-order valence-electron chi connectivity index (χ4n) is 2.67. The van der Waals surface area contributed by atoms with E-state index in [2.05, 4.69) is 23.8 Å². The summed E-state index contributed by atoms with van der Waals surface area (Å²) in [5, 5.41) is -5.54. The molecule has 3 radical (unpaired) electrons. The van der Waals surface area contributed by atoms with Crippen molar-refractivity contribution in [2.75, 3.05) is 12.3 Å². The van der Waals surface area contributed by atoms with Gasteiger partial charge in [-0.05, 0) is 12.8 Å². The van der Waals surface area contributed by atoms with Crippen molar-refractivity contribution in [3.63, 3.8) is 0 Å². The Balaban J connectivity index is 1.63. The normalized spacial score (nSPS) is 24.2. The van der Waals surface area contributed by atoms with Crippen molar-refractivity contribution in [2.24, 2.45) is 0 Å². The number of alkyl halides is 2. The van der Waals surface area contributed by atoms with E-state index in [1.165, 1.54) is 12.7 Å². The van der Waals surface area contributed by atoms with Crippen molar-refractivity contribution >= 4 is 47.2 Å². The molecule has 5 N–H and O–H groups in total. The Kier molecular flexibility index (Phi) is 6.49. The Morgan fingerprint density at radius 1 is 1.26 bits per heavy atom. The molecule has 4 atom stereocenters. The maximum Gasteiger partial charge on any atom is 0.444 e. The van der Waals surface area contributed by atoms with Gasteiger partial charge in [-0.3, -0.25) is 18.0 Å². The van der Waals surface area contributed by atoms with Gasteiger partial charge < -0.3 is 41.8 Å². The monoisotopic (exact) mass is 503 g/mol. The first-order valence-electron chi connectivity index (χ1n) is 8.24. The fraction of sp³-hybridized carbons (Fsp3) is 0.545. The van der Waals surface area contributed by atoms with E-state index in [1.54, 1.807) is 4.57 Å². The van der Waals surface area contributed by atoms with Crippen LogP contribution in [0.3, 0.4) is 0 Å². The van der Waals surface area contributed by atoms with Crippen LogP contribution in [0.4, 0.5) is 14.6 Å². The first-order valence-corrected chi connectivity index (χ1v) is 13.0. The Hall–Kier alpha value is -1.28. The molecule has 0 amide bonds. The summed E-state index contributed by atoms with van der Waals surface area (Å²) >= 11 is 0. The van der Waals surface area contributed by atoms with Crippen LogP contribution in [0.15, 0.2) is 12.7 Å². The first kappa shape index (κ1) is 24.4. The Morgan fingerprint density at radius 3 is 2.58 bits per heavy atom. The molecule has 1 aliphatic heterocycles. The van der Waals surface area contributed by atoms with Crippen molar-refractivity contribution in [2.45, 2.75) is 30.6 Å². The van der Waals surface area contributed by atoms with Gasteiger partial charge in [0.05, 0.1) is 26.5 Å². The smallest absolute Gasteiger partial charge is 0.443 e. The summed E-state index contributed by atoms with van der Waals surface area (Å²) in [5.74, 6) is 0.156. The quantitative estimate of drug-likeness (QED) is 0.296. The molecular formula is C11H15BF2N5O9P3-. The van der Waals surface area contributed by atoms with E-state index in [4.69, 9.17) is 27.8 Å². The number of nitrogen functional groups attached to an aromatic ring is 1. The molecule has 31 heavy (non-hydrogen) atoms. The lowest BCUT2D eigenvalue weighted by molar-refractivity contribution is -0.0167. The van der Waals surface area contributed by atoms with Crippen LogP contribution in [0.25, 0.3) is 11.2 Å². The summed E-state index contributed by atoms with van der Waals surface area (Å²) in [4.78, 5) is 38.2. The van der Waals surface area contributed by atoms with Crippen LogP contribution in [0, 0.1) is 0 Å². The van der Waals surface area contributed by atoms with E-state index in [0.717, 1.165) is 0 Å². The lowest BCUT2D eigenvalue weighted by Crippen LogP contribution is -2.19. The number of aromatic nitrogens is 4. The van der Waals surface area contributed by atoms with Crippen molar-refractivity contribution in [1.82, 2.24) is 19.5 Å². The van der Waals surface area contributed by atoms with Gasteiger partial charge in [-0.15, -0.1) is 0 Å². The molecular weight excluding hydrogens is 488 g/mol. The molecule has 171 valence electrons. The first-order chi connectivity index (χ1) is 14.1. The number of nitrogens with zero attached hydrogens (tertiary/aromatic N) is 4. The molecule has 14 nitrogen and oxygen atoms in total. The Bertz CT molecular complexity index is 1130. The topological polar surface area (TPSA) is 209 Å². The third-order valence-corrected chi connectivity index (χ3v) is 9.36. The molecule has 2 aromatic heterocycles. The maximum absolute atomic E-state index is 13.5. The van der Waals surface area contributed by atoms with Gasteiger partial charge in [0.25, 0.3) is 0 Å². The molecule has 0 saturated carbocycles. The molecule has 0 bridgehead atoms. The molecule has 1 fully saturated rings. The second-order valence-corrected chi connectivity index (χ2v) is 12.0. The number of rotatable bonds is 8. The van der Waals surface area contributed by atoms with Crippen molar-refractivity contribution in [3.8, 4) is 0 Å². The zero-order valence-electron chi connectivity index (χ0n) is 15.3. The van der Waals surface area contributed by atoms with Crippen LogP contribution < -0.4 is 5.73 Å². The lowest BCUT2D eigenvalue weighted by Gasteiger charge is -2.32. The van der Waals surface area contributed by atoms with Gasteiger partial charge in [0, 0.05) is 0 Å². The average Bonchev–Trinajstić information content (AvgIpc) is 3.25.